The van der Waals surface area contributed by atoms with E-state index < -0.39 is 0 Å². The number of hydrogen-bond acceptors (Lipinski definition) is 3. The summed E-state index contributed by atoms with van der Waals surface area (Å²) >= 11 is 9.74. The number of benzene rings is 1. The summed E-state index contributed by atoms with van der Waals surface area (Å²) in [7, 11) is 0. The van der Waals surface area contributed by atoms with Crippen molar-refractivity contribution >= 4 is 27.5 Å². The second kappa shape index (κ2) is 7.72. The Hall–Kier alpha value is -0.970. The average molecular weight is 355 g/mol. The third-order valence-electron chi connectivity index (χ3n) is 3.09. The van der Waals surface area contributed by atoms with Crippen molar-refractivity contribution in [1.29, 1.82) is 0 Å². The van der Waals surface area contributed by atoms with Crippen LogP contribution < -0.4 is 5.32 Å². The van der Waals surface area contributed by atoms with E-state index >= 15 is 0 Å². The second-order valence-electron chi connectivity index (χ2n) is 4.62. The van der Waals surface area contributed by atoms with Crippen molar-refractivity contribution in [3.05, 3.63) is 57.3 Å². The molecule has 0 aliphatic rings. The summed E-state index contributed by atoms with van der Waals surface area (Å²) < 4.78 is 0.995. The fraction of sp³-hybridized carbons (Fsp3) is 0.333. The highest BCUT2D eigenvalue weighted by molar-refractivity contribution is 9.10. The molecule has 5 heteroatoms. The Morgan fingerprint density at radius 3 is 2.80 bits per heavy atom. The van der Waals surface area contributed by atoms with Gasteiger partial charge in [0.15, 0.2) is 0 Å². The van der Waals surface area contributed by atoms with Crippen molar-refractivity contribution < 1.29 is 0 Å². The maximum Gasteiger partial charge on any atom is 0.0544 e. The Bertz CT molecular complexity index is 548. The molecule has 0 aliphatic carbocycles. The Balaban J connectivity index is 2.19. The molecule has 3 nitrogen and oxygen atoms in total. The molecule has 1 aromatic carbocycles. The zero-order valence-corrected chi connectivity index (χ0v) is 13.7. The predicted octanol–water partition coefficient (Wildman–Crippen LogP) is 4.18. The van der Waals surface area contributed by atoms with Gasteiger partial charge in [-0.2, -0.15) is 10.2 Å². The minimum atomic E-state index is 0.198. The van der Waals surface area contributed by atoms with E-state index in [2.05, 4.69) is 44.4 Å². The predicted molar refractivity (Wildman–Crippen MR) is 85.9 cm³/mol. The molecule has 2 aromatic rings. The van der Waals surface area contributed by atoms with E-state index in [0.717, 1.165) is 40.0 Å². The van der Waals surface area contributed by atoms with Gasteiger partial charge in [-0.05, 0) is 48.7 Å². The van der Waals surface area contributed by atoms with Gasteiger partial charge in [-0.3, -0.25) is 0 Å². The molecule has 0 bridgehead atoms. The molecule has 1 aromatic heterocycles. The van der Waals surface area contributed by atoms with Gasteiger partial charge in [0.1, 0.15) is 0 Å². The highest BCUT2D eigenvalue weighted by atomic mass is 79.9. The molecular formula is C15H17BrClN3. The Labute approximate surface area is 132 Å². The van der Waals surface area contributed by atoms with Crippen molar-refractivity contribution in [3.8, 4) is 0 Å². The maximum atomic E-state index is 6.31. The van der Waals surface area contributed by atoms with Gasteiger partial charge >= 0.3 is 0 Å². The molecule has 1 unspecified atom stereocenters. The van der Waals surface area contributed by atoms with Crippen molar-refractivity contribution in [1.82, 2.24) is 15.5 Å². The van der Waals surface area contributed by atoms with E-state index in [9.17, 15) is 0 Å². The van der Waals surface area contributed by atoms with Crippen LogP contribution in [0.4, 0.5) is 0 Å². The van der Waals surface area contributed by atoms with Crippen molar-refractivity contribution in [2.75, 3.05) is 6.54 Å². The highest BCUT2D eigenvalue weighted by Gasteiger charge is 2.13. The lowest BCUT2D eigenvalue weighted by molar-refractivity contribution is 0.526. The molecule has 0 saturated carbocycles. The van der Waals surface area contributed by atoms with Gasteiger partial charge in [-0.1, -0.05) is 40.5 Å². The van der Waals surface area contributed by atoms with Crippen LogP contribution in [0.2, 0.25) is 5.02 Å². The molecule has 1 atom stereocenters. The fourth-order valence-corrected chi connectivity index (χ4v) is 2.79. The fourth-order valence-electron chi connectivity index (χ4n) is 2.04. The molecule has 0 amide bonds. The van der Waals surface area contributed by atoms with E-state index in [1.54, 1.807) is 12.4 Å². The van der Waals surface area contributed by atoms with Crippen molar-refractivity contribution in [2.45, 2.75) is 25.8 Å². The van der Waals surface area contributed by atoms with Gasteiger partial charge in [0.05, 0.1) is 6.20 Å². The minimum absolute atomic E-state index is 0.198. The Morgan fingerprint density at radius 2 is 2.15 bits per heavy atom. The number of halogens is 2. The van der Waals surface area contributed by atoms with E-state index in [0.29, 0.717) is 0 Å². The first-order valence-electron chi connectivity index (χ1n) is 6.64. The summed E-state index contributed by atoms with van der Waals surface area (Å²) in [6, 6.07) is 8.19. The quantitative estimate of drug-likeness (QED) is 0.846. The van der Waals surface area contributed by atoms with Crippen LogP contribution in [0.25, 0.3) is 0 Å². The first kappa shape index (κ1) is 15.4. The van der Waals surface area contributed by atoms with E-state index in [-0.39, 0.29) is 6.04 Å². The molecule has 0 radical (unpaired) electrons. The molecule has 0 spiro atoms. The minimum Gasteiger partial charge on any atom is -0.310 e. The first-order chi connectivity index (χ1) is 9.70. The van der Waals surface area contributed by atoms with E-state index in [4.69, 9.17) is 11.6 Å². The van der Waals surface area contributed by atoms with Crippen LogP contribution in [-0.4, -0.2) is 16.7 Å². The normalized spacial score (nSPS) is 12.3. The molecule has 1 N–H and O–H groups in total. The van der Waals surface area contributed by atoms with Gasteiger partial charge < -0.3 is 5.32 Å². The van der Waals surface area contributed by atoms with Crippen LogP contribution in [-0.2, 0) is 6.42 Å². The van der Waals surface area contributed by atoms with Crippen LogP contribution >= 0.6 is 27.5 Å². The van der Waals surface area contributed by atoms with Gasteiger partial charge in [-0.15, -0.1) is 0 Å². The third-order valence-corrected chi connectivity index (χ3v) is 3.93. The SMILES string of the molecule is CCCNC(Cc1ccc(Br)cc1Cl)c1ccnnc1. The van der Waals surface area contributed by atoms with Gasteiger partial charge in [0.2, 0.25) is 0 Å². The Morgan fingerprint density at radius 1 is 1.30 bits per heavy atom. The summed E-state index contributed by atoms with van der Waals surface area (Å²) in [4.78, 5) is 0. The maximum absolute atomic E-state index is 6.31. The van der Waals surface area contributed by atoms with Gasteiger partial charge in [0, 0.05) is 21.7 Å². The summed E-state index contributed by atoms with van der Waals surface area (Å²) in [5.41, 5.74) is 2.26. The second-order valence-corrected chi connectivity index (χ2v) is 5.95. The number of rotatable bonds is 6. The van der Waals surface area contributed by atoms with Crippen molar-refractivity contribution in [2.24, 2.45) is 0 Å². The monoisotopic (exact) mass is 353 g/mol. The molecule has 0 fully saturated rings. The summed E-state index contributed by atoms with van der Waals surface area (Å²) in [5.74, 6) is 0. The van der Waals surface area contributed by atoms with E-state index in [1.165, 1.54) is 0 Å². The summed E-state index contributed by atoms with van der Waals surface area (Å²) in [6.07, 6.45) is 5.44. The summed E-state index contributed by atoms with van der Waals surface area (Å²) in [6.45, 7) is 3.11. The molecule has 1 heterocycles. The Kier molecular flexibility index (Phi) is 5.95. The first-order valence-corrected chi connectivity index (χ1v) is 7.81. The summed E-state index contributed by atoms with van der Waals surface area (Å²) in [5, 5.41) is 12.1. The molecule has 20 heavy (non-hydrogen) atoms. The third kappa shape index (κ3) is 4.27. The van der Waals surface area contributed by atoms with E-state index in [1.807, 2.05) is 18.2 Å². The number of nitrogens with zero attached hydrogens (tertiary/aromatic N) is 2. The number of nitrogens with one attached hydrogen (secondary N) is 1. The molecule has 0 aliphatic heterocycles. The lowest BCUT2D eigenvalue weighted by Gasteiger charge is -2.19. The molecule has 0 saturated heterocycles. The van der Waals surface area contributed by atoms with Crippen LogP contribution in [0.1, 0.15) is 30.5 Å². The lowest BCUT2D eigenvalue weighted by atomic mass is 10.0. The van der Waals surface area contributed by atoms with Gasteiger partial charge in [-0.25, -0.2) is 0 Å². The van der Waals surface area contributed by atoms with Gasteiger partial charge in [0.25, 0.3) is 0 Å². The molecule has 106 valence electrons. The van der Waals surface area contributed by atoms with Crippen LogP contribution in [0.3, 0.4) is 0 Å². The largest absolute Gasteiger partial charge is 0.310 e. The van der Waals surface area contributed by atoms with Crippen LogP contribution in [0.15, 0.2) is 41.1 Å². The highest BCUT2D eigenvalue weighted by Crippen LogP contribution is 2.26. The number of aromatic nitrogens is 2. The molecular weight excluding hydrogens is 338 g/mol. The smallest absolute Gasteiger partial charge is 0.0544 e. The standard InChI is InChI=1S/C15H17BrClN3/c1-2-6-18-15(12-5-7-19-20-10-12)8-11-3-4-13(16)9-14(11)17/h3-5,7,9-10,15,18H,2,6,8H2,1H3. The van der Waals surface area contributed by atoms with Crippen molar-refractivity contribution in [3.63, 3.8) is 0 Å². The zero-order chi connectivity index (χ0) is 14.4. The van der Waals surface area contributed by atoms with Crippen LogP contribution in [0, 0.1) is 0 Å². The average Bonchev–Trinajstić information content (AvgIpc) is 2.46. The topological polar surface area (TPSA) is 37.8 Å². The number of hydrogen-bond donors (Lipinski definition) is 1. The molecule has 2 rings (SSSR count). The van der Waals surface area contributed by atoms with Crippen LogP contribution in [0.5, 0.6) is 0 Å². The lowest BCUT2D eigenvalue weighted by Crippen LogP contribution is -2.24. The zero-order valence-electron chi connectivity index (χ0n) is 11.3.